The van der Waals surface area contributed by atoms with Crippen LogP contribution in [0.5, 0.6) is 0 Å². The second-order valence-electron chi connectivity index (χ2n) is 10.2. The van der Waals surface area contributed by atoms with Crippen LogP contribution in [0.3, 0.4) is 0 Å². The van der Waals surface area contributed by atoms with E-state index in [0.717, 1.165) is 84.6 Å². The fourth-order valence-corrected chi connectivity index (χ4v) is 6.03. The van der Waals surface area contributed by atoms with Crippen LogP contribution in [0, 0.1) is 5.41 Å². The number of fused-ring (bicyclic) bond motifs is 2. The maximum absolute atomic E-state index is 11.3. The molecule has 35 heavy (non-hydrogen) atoms. The van der Waals surface area contributed by atoms with Crippen molar-refractivity contribution in [1.29, 1.82) is 0 Å². The van der Waals surface area contributed by atoms with E-state index in [0.29, 0.717) is 12.0 Å². The minimum Gasteiger partial charge on any atom is -0.476 e. The zero-order valence-electron chi connectivity index (χ0n) is 20.0. The van der Waals surface area contributed by atoms with Crippen LogP contribution >= 0.6 is 11.3 Å². The Kier molecular flexibility index (Phi) is 5.32. The van der Waals surface area contributed by atoms with Gasteiger partial charge in [0.25, 0.3) is 0 Å². The first kappa shape index (κ1) is 22.2. The lowest BCUT2D eigenvalue weighted by molar-refractivity contribution is 0.0691. The number of hydrogen-bond acceptors (Lipinski definition) is 8. The smallest absolute Gasteiger partial charge is 0.355 e. The van der Waals surface area contributed by atoms with Gasteiger partial charge < -0.3 is 14.9 Å². The van der Waals surface area contributed by atoms with Crippen molar-refractivity contribution in [2.24, 2.45) is 10.4 Å². The van der Waals surface area contributed by atoms with Gasteiger partial charge >= 0.3 is 5.97 Å². The zero-order chi connectivity index (χ0) is 24.2. The molecule has 3 aliphatic rings. The number of thiazole rings is 1. The quantitative estimate of drug-likeness (QED) is 0.574. The number of piperidine rings is 1. The van der Waals surface area contributed by atoms with Gasteiger partial charge in [-0.3, -0.25) is 4.99 Å². The van der Waals surface area contributed by atoms with Gasteiger partial charge in [-0.25, -0.2) is 19.7 Å². The van der Waals surface area contributed by atoms with Gasteiger partial charge in [0.15, 0.2) is 11.5 Å². The Bertz CT molecular complexity index is 1340. The summed E-state index contributed by atoms with van der Waals surface area (Å²) in [5, 5.41) is 11.6. The first-order chi connectivity index (χ1) is 16.9. The lowest BCUT2D eigenvalue weighted by Crippen LogP contribution is -2.38. The highest BCUT2D eigenvalue weighted by atomic mass is 32.1. The van der Waals surface area contributed by atoms with Crippen molar-refractivity contribution in [2.75, 3.05) is 29.4 Å². The molecule has 1 saturated heterocycles. The number of aromatic nitrogens is 3. The Balaban J connectivity index is 1.29. The van der Waals surface area contributed by atoms with Gasteiger partial charge in [-0.1, -0.05) is 26.0 Å². The summed E-state index contributed by atoms with van der Waals surface area (Å²) in [6.07, 6.45) is 6.12. The van der Waals surface area contributed by atoms with E-state index in [9.17, 15) is 9.90 Å². The molecule has 1 fully saturated rings. The molecule has 0 radical (unpaired) electrons. The molecule has 0 saturated carbocycles. The molecular weight excluding hydrogens is 460 g/mol. The topological polar surface area (TPSA) is 94.8 Å². The van der Waals surface area contributed by atoms with E-state index in [2.05, 4.69) is 34.7 Å². The van der Waals surface area contributed by atoms with Gasteiger partial charge in [0.2, 0.25) is 0 Å². The average molecular weight is 489 g/mol. The van der Waals surface area contributed by atoms with Crippen LogP contribution in [0.25, 0.3) is 10.6 Å². The average Bonchev–Trinajstić information content (AvgIpc) is 3.51. The van der Waals surface area contributed by atoms with Crippen LogP contribution in [0.4, 0.5) is 11.5 Å². The van der Waals surface area contributed by atoms with Crippen molar-refractivity contribution in [2.45, 2.75) is 46.1 Å². The summed E-state index contributed by atoms with van der Waals surface area (Å²) in [6, 6.07) is 6.15. The third kappa shape index (κ3) is 3.97. The summed E-state index contributed by atoms with van der Waals surface area (Å²) >= 11 is 1.37. The number of benzene rings is 1. The molecule has 0 bridgehead atoms. The molecule has 3 aliphatic heterocycles. The number of carboxylic acids is 1. The number of amidine groups is 1. The van der Waals surface area contributed by atoms with Crippen LogP contribution in [0.15, 0.2) is 34.8 Å². The predicted octanol–water partition coefficient (Wildman–Crippen LogP) is 4.64. The second-order valence-corrected chi connectivity index (χ2v) is 11.1. The van der Waals surface area contributed by atoms with Crippen LogP contribution in [-0.4, -0.2) is 51.5 Å². The van der Waals surface area contributed by atoms with Gasteiger partial charge in [-0.15, -0.1) is 11.3 Å². The Morgan fingerprint density at radius 3 is 2.74 bits per heavy atom. The summed E-state index contributed by atoms with van der Waals surface area (Å²) in [5.41, 5.74) is 5.57. The molecule has 0 atom stereocenters. The van der Waals surface area contributed by atoms with Crippen LogP contribution in [0.1, 0.15) is 60.5 Å². The fourth-order valence-electron chi connectivity index (χ4n) is 5.19. The molecule has 180 valence electrons. The van der Waals surface area contributed by atoms with E-state index in [1.165, 1.54) is 16.9 Å². The van der Waals surface area contributed by atoms with E-state index in [-0.39, 0.29) is 5.69 Å². The second kappa shape index (κ2) is 8.41. The van der Waals surface area contributed by atoms with Crippen molar-refractivity contribution in [3.63, 3.8) is 0 Å². The number of carboxylic acid groups (broad SMARTS) is 1. The molecule has 1 aromatic carbocycles. The van der Waals surface area contributed by atoms with Gasteiger partial charge in [-0.05, 0) is 42.7 Å². The van der Waals surface area contributed by atoms with Gasteiger partial charge in [0, 0.05) is 36.3 Å². The predicted molar refractivity (Wildman–Crippen MR) is 138 cm³/mol. The van der Waals surface area contributed by atoms with E-state index >= 15 is 0 Å². The Morgan fingerprint density at radius 2 is 1.97 bits per heavy atom. The molecule has 9 heteroatoms. The maximum Gasteiger partial charge on any atom is 0.355 e. The minimum atomic E-state index is -0.998. The number of carbonyl (C=O) groups is 1. The highest BCUT2D eigenvalue weighted by Crippen LogP contribution is 2.38. The number of aliphatic imine (C=N–C) groups is 1. The summed E-state index contributed by atoms with van der Waals surface area (Å²) in [7, 11) is 0. The monoisotopic (exact) mass is 488 g/mol. The number of rotatable bonds is 3. The van der Waals surface area contributed by atoms with E-state index < -0.39 is 5.97 Å². The zero-order valence-corrected chi connectivity index (χ0v) is 20.8. The van der Waals surface area contributed by atoms with Crippen molar-refractivity contribution < 1.29 is 9.90 Å². The molecule has 0 aliphatic carbocycles. The first-order valence-corrected chi connectivity index (χ1v) is 13.0. The molecule has 2 aromatic heterocycles. The lowest BCUT2D eigenvalue weighted by Gasteiger charge is -2.37. The van der Waals surface area contributed by atoms with E-state index in [4.69, 9.17) is 15.0 Å². The molecule has 0 unspecified atom stereocenters. The van der Waals surface area contributed by atoms with Gasteiger partial charge in [-0.2, -0.15) is 0 Å². The largest absolute Gasteiger partial charge is 0.476 e. The molecule has 6 rings (SSSR count). The summed E-state index contributed by atoms with van der Waals surface area (Å²) in [6.45, 7) is 8.09. The molecule has 3 aromatic rings. The van der Waals surface area contributed by atoms with Crippen molar-refractivity contribution in [1.82, 2.24) is 15.0 Å². The SMILES string of the molecule is CC1(C)CCN(c2cnc3c(n2)CN=C3N2CCCc3c(-c4nc(C(=O)O)cs4)cccc32)CC1. The lowest BCUT2D eigenvalue weighted by atomic mass is 9.83. The highest BCUT2D eigenvalue weighted by molar-refractivity contribution is 7.13. The molecule has 1 N–H and O–H groups in total. The highest BCUT2D eigenvalue weighted by Gasteiger charge is 2.31. The number of anilines is 2. The Labute approximate surface area is 208 Å². The molecular formula is C26H28N6O2S. The number of hydrogen-bond donors (Lipinski definition) is 1. The standard InChI is InChI=1S/C26H28N6O2S/c1-26(2)8-11-31(12-9-26)21-14-27-22-18(29-21)13-28-23(22)32-10-4-6-16-17(5-3-7-20(16)32)24-30-19(15-35-24)25(33)34/h3,5,7,14-15H,4,6,8-13H2,1-2H3,(H,33,34). The molecule has 0 spiro atoms. The molecule has 5 heterocycles. The number of nitrogens with zero attached hydrogens (tertiary/aromatic N) is 6. The third-order valence-corrected chi connectivity index (χ3v) is 8.20. The van der Waals surface area contributed by atoms with Crippen molar-refractivity contribution >= 4 is 34.6 Å². The van der Waals surface area contributed by atoms with Crippen molar-refractivity contribution in [3.05, 3.63) is 52.4 Å². The summed E-state index contributed by atoms with van der Waals surface area (Å²) in [4.78, 5) is 35.0. The Hall–Kier alpha value is -3.33. The summed E-state index contributed by atoms with van der Waals surface area (Å²) in [5.74, 6) is 0.833. The fraction of sp³-hybridized carbons (Fsp3) is 0.423. The normalized spacial score (nSPS) is 18.7. The maximum atomic E-state index is 11.3. The van der Waals surface area contributed by atoms with Gasteiger partial charge in [0.1, 0.15) is 16.5 Å². The third-order valence-electron chi connectivity index (χ3n) is 7.32. The Morgan fingerprint density at radius 1 is 1.14 bits per heavy atom. The van der Waals surface area contributed by atoms with E-state index in [1.54, 1.807) is 5.38 Å². The number of aromatic carboxylic acids is 1. The van der Waals surface area contributed by atoms with Crippen LogP contribution < -0.4 is 9.80 Å². The van der Waals surface area contributed by atoms with Gasteiger partial charge in [0.05, 0.1) is 18.4 Å². The van der Waals surface area contributed by atoms with Crippen LogP contribution in [0.2, 0.25) is 0 Å². The summed E-state index contributed by atoms with van der Waals surface area (Å²) < 4.78 is 0. The molecule has 8 nitrogen and oxygen atoms in total. The minimum absolute atomic E-state index is 0.0905. The van der Waals surface area contributed by atoms with Crippen LogP contribution in [-0.2, 0) is 13.0 Å². The van der Waals surface area contributed by atoms with E-state index in [1.807, 2.05) is 18.3 Å². The van der Waals surface area contributed by atoms with Crippen molar-refractivity contribution in [3.8, 4) is 10.6 Å². The first-order valence-electron chi connectivity index (χ1n) is 12.1. The molecule has 0 amide bonds.